The van der Waals surface area contributed by atoms with E-state index in [-0.39, 0.29) is 18.4 Å². The smallest absolute Gasteiger partial charge is 0.219 e. The van der Waals surface area contributed by atoms with Crippen molar-refractivity contribution in [3.8, 4) is 0 Å². The Morgan fingerprint density at radius 1 is 1.27 bits per heavy atom. The maximum absolute atomic E-state index is 10.8. The topological polar surface area (TPSA) is 69.1 Å². The second-order valence-corrected chi connectivity index (χ2v) is 4.09. The molecule has 0 bridgehead atoms. The van der Waals surface area contributed by atoms with E-state index >= 15 is 0 Å². The zero-order chi connectivity index (χ0) is 11.6. The first-order chi connectivity index (χ1) is 6.91. The molecule has 1 amide bonds. The molecular weight excluding hydrogens is 188 g/mol. The molecule has 0 fully saturated rings. The highest BCUT2D eigenvalue weighted by Crippen LogP contribution is 2.23. The average Bonchev–Trinajstić information content (AvgIpc) is 1.99. The highest BCUT2D eigenvalue weighted by atomic mass is 16.1. The Morgan fingerprint density at radius 3 is 2.13 bits per heavy atom. The van der Waals surface area contributed by atoms with Crippen LogP contribution in [0, 0.1) is 20.8 Å². The number of amides is 1. The molecule has 0 aliphatic rings. The molecule has 0 aliphatic heterocycles. The van der Waals surface area contributed by atoms with Crippen LogP contribution in [0.1, 0.15) is 34.7 Å². The van der Waals surface area contributed by atoms with Crippen LogP contribution in [0.3, 0.4) is 0 Å². The summed E-state index contributed by atoms with van der Waals surface area (Å²) in [6, 6.07) is 3.86. The van der Waals surface area contributed by atoms with Gasteiger partial charge in [0.05, 0.1) is 0 Å². The van der Waals surface area contributed by atoms with Gasteiger partial charge in [-0.1, -0.05) is 17.7 Å². The molecule has 1 atom stereocenters. The predicted molar refractivity (Wildman–Crippen MR) is 61.4 cm³/mol. The van der Waals surface area contributed by atoms with E-state index in [1.807, 2.05) is 20.8 Å². The lowest BCUT2D eigenvalue weighted by molar-refractivity contribution is -0.118. The molecule has 0 radical (unpaired) electrons. The van der Waals surface area contributed by atoms with Crippen molar-refractivity contribution in [1.29, 1.82) is 0 Å². The summed E-state index contributed by atoms with van der Waals surface area (Å²) in [5.41, 5.74) is 15.6. The molecule has 4 N–H and O–H groups in total. The van der Waals surface area contributed by atoms with E-state index in [1.165, 1.54) is 5.56 Å². The molecule has 0 aliphatic carbocycles. The second-order valence-electron chi connectivity index (χ2n) is 4.09. The van der Waals surface area contributed by atoms with Crippen molar-refractivity contribution in [2.75, 3.05) is 0 Å². The summed E-state index contributed by atoms with van der Waals surface area (Å²) in [5, 5.41) is 0. The summed E-state index contributed by atoms with van der Waals surface area (Å²) in [6.45, 7) is 6.07. The van der Waals surface area contributed by atoms with E-state index in [1.54, 1.807) is 0 Å². The van der Waals surface area contributed by atoms with Crippen molar-refractivity contribution < 1.29 is 4.79 Å². The normalized spacial score (nSPS) is 12.5. The first kappa shape index (κ1) is 11.7. The largest absolute Gasteiger partial charge is 0.370 e. The summed E-state index contributed by atoms with van der Waals surface area (Å²) in [5.74, 6) is -0.359. The van der Waals surface area contributed by atoms with Crippen LogP contribution in [-0.2, 0) is 4.79 Å². The number of benzene rings is 1. The first-order valence-corrected chi connectivity index (χ1v) is 5.03. The van der Waals surface area contributed by atoms with Gasteiger partial charge in [0.15, 0.2) is 0 Å². The number of aryl methyl sites for hydroxylation is 3. The predicted octanol–water partition coefficient (Wildman–Crippen LogP) is 1.49. The van der Waals surface area contributed by atoms with Gasteiger partial charge >= 0.3 is 0 Å². The molecule has 15 heavy (non-hydrogen) atoms. The van der Waals surface area contributed by atoms with Crippen molar-refractivity contribution in [2.45, 2.75) is 33.2 Å². The van der Waals surface area contributed by atoms with Gasteiger partial charge in [-0.3, -0.25) is 4.79 Å². The SMILES string of the molecule is Cc1cc(C)c([C@H](N)CC(N)=O)c(C)c1. The molecule has 3 heteroatoms. The van der Waals surface area contributed by atoms with Gasteiger partial charge in [-0.15, -0.1) is 0 Å². The maximum Gasteiger partial charge on any atom is 0.219 e. The maximum atomic E-state index is 10.8. The van der Waals surface area contributed by atoms with Crippen LogP contribution in [0.5, 0.6) is 0 Å². The van der Waals surface area contributed by atoms with Gasteiger partial charge in [0.2, 0.25) is 5.91 Å². The average molecular weight is 206 g/mol. The molecule has 0 unspecified atom stereocenters. The van der Waals surface area contributed by atoms with Gasteiger partial charge in [0, 0.05) is 12.5 Å². The second kappa shape index (κ2) is 4.45. The monoisotopic (exact) mass is 206 g/mol. The summed E-state index contributed by atoms with van der Waals surface area (Å²) >= 11 is 0. The Hall–Kier alpha value is -1.35. The van der Waals surface area contributed by atoms with Crippen LogP contribution in [-0.4, -0.2) is 5.91 Å². The minimum atomic E-state index is -0.359. The molecule has 0 heterocycles. The number of rotatable bonds is 3. The van der Waals surface area contributed by atoms with Gasteiger partial charge in [-0.05, 0) is 37.5 Å². The van der Waals surface area contributed by atoms with Crippen LogP contribution in [0.25, 0.3) is 0 Å². The summed E-state index contributed by atoms with van der Waals surface area (Å²) in [4.78, 5) is 10.8. The van der Waals surface area contributed by atoms with E-state index in [2.05, 4.69) is 12.1 Å². The molecular formula is C12H18N2O. The Balaban J connectivity index is 3.08. The van der Waals surface area contributed by atoms with Crippen molar-refractivity contribution in [3.05, 3.63) is 34.4 Å². The zero-order valence-electron chi connectivity index (χ0n) is 9.50. The minimum absolute atomic E-state index is 0.199. The van der Waals surface area contributed by atoms with E-state index in [9.17, 15) is 4.79 Å². The lowest BCUT2D eigenvalue weighted by atomic mass is 9.93. The summed E-state index contributed by atoms with van der Waals surface area (Å²) in [7, 11) is 0. The fourth-order valence-corrected chi connectivity index (χ4v) is 2.09. The van der Waals surface area contributed by atoms with Crippen molar-refractivity contribution in [1.82, 2.24) is 0 Å². The Bertz CT molecular complexity index is 362. The Morgan fingerprint density at radius 2 is 1.73 bits per heavy atom. The van der Waals surface area contributed by atoms with Crippen molar-refractivity contribution >= 4 is 5.91 Å². The molecule has 0 aromatic heterocycles. The third-order valence-electron chi connectivity index (χ3n) is 2.53. The van der Waals surface area contributed by atoms with E-state index in [4.69, 9.17) is 11.5 Å². The highest BCUT2D eigenvalue weighted by Gasteiger charge is 2.14. The van der Waals surface area contributed by atoms with E-state index in [0.29, 0.717) is 0 Å². The fourth-order valence-electron chi connectivity index (χ4n) is 2.09. The van der Waals surface area contributed by atoms with E-state index < -0.39 is 0 Å². The van der Waals surface area contributed by atoms with Crippen LogP contribution >= 0.6 is 0 Å². The highest BCUT2D eigenvalue weighted by molar-refractivity contribution is 5.74. The lowest BCUT2D eigenvalue weighted by Crippen LogP contribution is -2.22. The third kappa shape index (κ3) is 2.80. The van der Waals surface area contributed by atoms with Gasteiger partial charge < -0.3 is 11.5 Å². The van der Waals surface area contributed by atoms with Crippen LogP contribution in [0.2, 0.25) is 0 Å². The standard InChI is InChI=1S/C12H18N2O/c1-7-4-8(2)12(9(3)5-7)10(13)6-11(14)15/h4-5,10H,6,13H2,1-3H3,(H2,14,15)/t10-/m1/s1. The van der Waals surface area contributed by atoms with Crippen LogP contribution in [0.4, 0.5) is 0 Å². The molecule has 1 aromatic rings. The summed E-state index contributed by atoms with van der Waals surface area (Å²) in [6.07, 6.45) is 0.199. The van der Waals surface area contributed by atoms with Gasteiger partial charge in [-0.2, -0.15) is 0 Å². The fraction of sp³-hybridized carbons (Fsp3) is 0.417. The van der Waals surface area contributed by atoms with E-state index in [0.717, 1.165) is 16.7 Å². The Kier molecular flexibility index (Phi) is 3.48. The number of carbonyl (C=O) groups is 1. The third-order valence-corrected chi connectivity index (χ3v) is 2.53. The number of nitrogens with two attached hydrogens (primary N) is 2. The molecule has 3 nitrogen and oxygen atoms in total. The Labute approximate surface area is 90.5 Å². The van der Waals surface area contributed by atoms with Crippen molar-refractivity contribution in [2.24, 2.45) is 11.5 Å². The summed E-state index contributed by atoms with van der Waals surface area (Å²) < 4.78 is 0. The molecule has 0 spiro atoms. The number of primary amides is 1. The number of carbonyl (C=O) groups excluding carboxylic acids is 1. The van der Waals surface area contributed by atoms with Crippen LogP contribution < -0.4 is 11.5 Å². The number of hydrogen-bond acceptors (Lipinski definition) is 2. The molecule has 1 rings (SSSR count). The lowest BCUT2D eigenvalue weighted by Gasteiger charge is -2.17. The van der Waals surface area contributed by atoms with Gasteiger partial charge in [0.25, 0.3) is 0 Å². The quantitative estimate of drug-likeness (QED) is 0.786. The van der Waals surface area contributed by atoms with Crippen LogP contribution in [0.15, 0.2) is 12.1 Å². The van der Waals surface area contributed by atoms with Crippen molar-refractivity contribution in [3.63, 3.8) is 0 Å². The molecule has 0 saturated carbocycles. The first-order valence-electron chi connectivity index (χ1n) is 5.03. The molecule has 1 aromatic carbocycles. The van der Waals surface area contributed by atoms with Gasteiger partial charge in [-0.25, -0.2) is 0 Å². The number of hydrogen-bond donors (Lipinski definition) is 2. The molecule has 0 saturated heterocycles. The molecule has 82 valence electrons. The van der Waals surface area contributed by atoms with Gasteiger partial charge in [0.1, 0.15) is 0 Å². The zero-order valence-corrected chi connectivity index (χ0v) is 9.50. The minimum Gasteiger partial charge on any atom is -0.370 e.